The van der Waals surface area contributed by atoms with Gasteiger partial charge in [-0.05, 0) is 12.1 Å². The van der Waals surface area contributed by atoms with E-state index in [1.54, 1.807) is 12.1 Å². The molecule has 0 saturated carbocycles. The molecule has 1 atom stereocenters. The number of carbonyl (C=O) groups excluding carboxylic acids is 1. The minimum absolute atomic E-state index is 0.207. The van der Waals surface area contributed by atoms with Crippen LogP contribution in [0.4, 0.5) is 0 Å². The summed E-state index contributed by atoms with van der Waals surface area (Å²) in [4.78, 5) is 25.2. The third kappa shape index (κ3) is 3.60. The molecule has 0 radical (unpaired) electrons. The first-order chi connectivity index (χ1) is 9.70. The van der Waals surface area contributed by atoms with Crippen LogP contribution in [0.15, 0.2) is 27.3 Å². The van der Waals surface area contributed by atoms with Crippen molar-refractivity contribution in [3.63, 3.8) is 0 Å². The molecule has 0 aliphatic rings. The summed E-state index contributed by atoms with van der Waals surface area (Å²) in [5.41, 5.74) is 0. The number of carboxylic acid groups (broad SMARTS) is 1. The molecule has 1 unspecified atom stereocenters. The molecule has 8 nitrogen and oxygen atoms in total. The lowest BCUT2D eigenvalue weighted by atomic mass is 10.3. The molecule has 1 amide bonds. The third-order valence-electron chi connectivity index (χ3n) is 2.28. The number of aliphatic carboxylic acids is 1. The van der Waals surface area contributed by atoms with Gasteiger partial charge in [-0.25, -0.2) is 4.79 Å². The Hall–Kier alpha value is -2.29. The summed E-state index contributed by atoms with van der Waals surface area (Å²) in [5, 5.41) is 14.8. The lowest BCUT2D eigenvalue weighted by molar-refractivity contribution is -0.139. The second-order valence-electron chi connectivity index (χ2n) is 3.68. The summed E-state index contributed by atoms with van der Waals surface area (Å²) in [7, 11) is 0. The van der Waals surface area contributed by atoms with Crippen molar-refractivity contribution >= 4 is 24.1 Å². The molecule has 0 bridgehead atoms. The predicted molar refractivity (Wildman–Crippen MR) is 68.8 cm³/mol. The Morgan fingerprint density at radius 2 is 2.45 bits per heavy atom. The van der Waals surface area contributed by atoms with Crippen LogP contribution >= 0.6 is 11.8 Å². The number of carboxylic acids is 1. The van der Waals surface area contributed by atoms with Crippen LogP contribution in [0.3, 0.4) is 0 Å². The van der Waals surface area contributed by atoms with E-state index in [-0.39, 0.29) is 11.6 Å². The summed E-state index contributed by atoms with van der Waals surface area (Å²) in [6.45, 7) is 0. The van der Waals surface area contributed by atoms with E-state index in [1.165, 1.54) is 18.0 Å². The Bertz CT molecular complexity index is 568. The highest BCUT2D eigenvalue weighted by molar-refractivity contribution is 7.98. The van der Waals surface area contributed by atoms with Gasteiger partial charge in [0.15, 0.2) is 11.6 Å². The predicted octanol–water partition coefficient (Wildman–Crippen LogP) is 0.762. The smallest absolute Gasteiger partial charge is 0.327 e. The monoisotopic (exact) mass is 297 g/mol. The van der Waals surface area contributed by atoms with Crippen molar-refractivity contribution in [1.29, 1.82) is 0 Å². The molecule has 2 aromatic rings. The van der Waals surface area contributed by atoms with Crippen molar-refractivity contribution in [2.24, 2.45) is 0 Å². The lowest BCUT2D eigenvalue weighted by Gasteiger charge is -2.09. The molecular weight excluding hydrogens is 286 g/mol. The van der Waals surface area contributed by atoms with Gasteiger partial charge in [-0.2, -0.15) is 16.7 Å². The first-order valence-electron chi connectivity index (χ1n) is 5.57. The first kappa shape index (κ1) is 14.1. The third-order valence-corrected chi connectivity index (χ3v) is 3.31. The van der Waals surface area contributed by atoms with Gasteiger partial charge in [0.25, 0.3) is 5.89 Å². The second kappa shape index (κ2) is 6.75. The van der Waals surface area contributed by atoms with Gasteiger partial charge in [-0.3, -0.25) is 4.79 Å². The minimum atomic E-state index is -1.09. The highest BCUT2D eigenvalue weighted by atomic mass is 32.2. The highest BCUT2D eigenvalue weighted by Gasteiger charge is 2.17. The van der Waals surface area contributed by atoms with E-state index < -0.39 is 12.0 Å². The number of carbonyl (C=O) groups is 2. The van der Waals surface area contributed by atoms with Gasteiger partial charge in [0.2, 0.25) is 6.41 Å². The zero-order valence-electron chi connectivity index (χ0n) is 10.2. The molecule has 2 N–H and O–H groups in total. The minimum Gasteiger partial charge on any atom is -0.480 e. The van der Waals surface area contributed by atoms with E-state index in [0.29, 0.717) is 23.7 Å². The highest BCUT2D eigenvalue weighted by Crippen LogP contribution is 2.19. The van der Waals surface area contributed by atoms with Crippen LogP contribution in [-0.4, -0.2) is 39.4 Å². The molecule has 9 heteroatoms. The van der Waals surface area contributed by atoms with Gasteiger partial charge in [0.1, 0.15) is 6.04 Å². The van der Waals surface area contributed by atoms with Crippen molar-refractivity contribution in [3.8, 4) is 11.7 Å². The molecule has 0 spiro atoms. The molecule has 20 heavy (non-hydrogen) atoms. The molecule has 0 saturated heterocycles. The van der Waals surface area contributed by atoms with Crippen molar-refractivity contribution in [3.05, 3.63) is 24.2 Å². The maximum Gasteiger partial charge on any atom is 0.327 e. The largest absolute Gasteiger partial charge is 0.480 e. The van der Waals surface area contributed by atoms with E-state index >= 15 is 0 Å². The lowest BCUT2D eigenvalue weighted by Crippen LogP contribution is -2.37. The SMILES string of the molecule is O=CNC(CSCc1noc(-c2ccco2)n1)C(=O)O. The Labute approximate surface area is 117 Å². The molecule has 2 aromatic heterocycles. The molecule has 0 fully saturated rings. The fourth-order valence-electron chi connectivity index (χ4n) is 1.35. The van der Waals surface area contributed by atoms with Crippen LogP contribution in [0.1, 0.15) is 5.82 Å². The Morgan fingerprint density at radius 1 is 1.60 bits per heavy atom. The number of nitrogens with zero attached hydrogens (tertiary/aromatic N) is 2. The van der Waals surface area contributed by atoms with Crippen LogP contribution in [0, 0.1) is 0 Å². The zero-order valence-corrected chi connectivity index (χ0v) is 11.0. The van der Waals surface area contributed by atoms with Gasteiger partial charge in [-0.15, -0.1) is 0 Å². The Morgan fingerprint density at radius 3 is 3.10 bits per heavy atom. The maximum atomic E-state index is 10.8. The Balaban J connectivity index is 1.85. The number of amides is 1. The average molecular weight is 297 g/mol. The maximum absolute atomic E-state index is 10.8. The molecule has 0 aliphatic heterocycles. The number of hydrogen-bond acceptors (Lipinski definition) is 7. The fourth-order valence-corrected chi connectivity index (χ4v) is 2.25. The topological polar surface area (TPSA) is 118 Å². The van der Waals surface area contributed by atoms with Gasteiger partial charge < -0.3 is 19.4 Å². The van der Waals surface area contributed by atoms with Gasteiger partial charge in [0.05, 0.1) is 12.0 Å². The van der Waals surface area contributed by atoms with Crippen LogP contribution in [0.5, 0.6) is 0 Å². The van der Waals surface area contributed by atoms with Crippen LogP contribution in [0.2, 0.25) is 0 Å². The summed E-state index contributed by atoms with van der Waals surface area (Å²) < 4.78 is 10.1. The van der Waals surface area contributed by atoms with E-state index in [1.807, 2.05) is 0 Å². The van der Waals surface area contributed by atoms with Crippen molar-refractivity contribution in [2.45, 2.75) is 11.8 Å². The number of nitrogens with one attached hydrogen (secondary N) is 1. The number of aromatic nitrogens is 2. The van der Waals surface area contributed by atoms with E-state index in [9.17, 15) is 9.59 Å². The molecule has 0 aliphatic carbocycles. The molecule has 0 aromatic carbocycles. The first-order valence-corrected chi connectivity index (χ1v) is 6.73. The second-order valence-corrected chi connectivity index (χ2v) is 4.71. The molecule has 2 rings (SSSR count). The van der Waals surface area contributed by atoms with E-state index in [0.717, 1.165) is 0 Å². The number of thioether (sulfide) groups is 1. The quantitative estimate of drug-likeness (QED) is 0.685. The summed E-state index contributed by atoms with van der Waals surface area (Å²) in [5.74, 6) is 0.657. The van der Waals surface area contributed by atoms with Crippen LogP contribution < -0.4 is 5.32 Å². The summed E-state index contributed by atoms with van der Waals surface area (Å²) >= 11 is 1.28. The van der Waals surface area contributed by atoms with E-state index in [4.69, 9.17) is 14.0 Å². The molecule has 106 valence electrons. The van der Waals surface area contributed by atoms with Crippen LogP contribution in [-0.2, 0) is 15.3 Å². The normalized spacial score (nSPS) is 12.0. The van der Waals surface area contributed by atoms with Crippen molar-refractivity contribution in [1.82, 2.24) is 15.5 Å². The van der Waals surface area contributed by atoms with Crippen LogP contribution in [0.25, 0.3) is 11.7 Å². The van der Waals surface area contributed by atoms with Crippen molar-refractivity contribution < 1.29 is 23.6 Å². The zero-order chi connectivity index (χ0) is 14.4. The van der Waals surface area contributed by atoms with Gasteiger partial charge in [-0.1, -0.05) is 5.16 Å². The number of hydrogen-bond donors (Lipinski definition) is 2. The van der Waals surface area contributed by atoms with E-state index in [2.05, 4.69) is 15.5 Å². The fraction of sp³-hybridized carbons (Fsp3) is 0.273. The molecular formula is C11H11N3O5S. The van der Waals surface area contributed by atoms with Gasteiger partial charge in [0, 0.05) is 5.75 Å². The summed E-state index contributed by atoms with van der Waals surface area (Å²) in [6, 6.07) is 2.46. The number of furan rings is 1. The van der Waals surface area contributed by atoms with Crippen molar-refractivity contribution in [2.75, 3.05) is 5.75 Å². The van der Waals surface area contributed by atoms with Gasteiger partial charge >= 0.3 is 5.97 Å². The molecule has 2 heterocycles. The standard InChI is InChI=1S/C11H11N3O5S/c15-6-12-7(11(16)17)4-20-5-9-13-10(19-14-9)8-2-1-3-18-8/h1-3,6-7H,4-5H2,(H,12,15)(H,16,17). The average Bonchev–Trinajstić information content (AvgIpc) is 3.08. The Kier molecular flexibility index (Phi) is 4.77. The number of rotatable bonds is 8. The summed E-state index contributed by atoms with van der Waals surface area (Å²) in [6.07, 6.45) is 1.86.